The highest BCUT2D eigenvalue weighted by Crippen LogP contribution is 2.37. The lowest BCUT2D eigenvalue weighted by Gasteiger charge is -2.27. The minimum atomic E-state index is -4.97. The fourth-order valence-electron chi connectivity index (χ4n) is 2.68. The molecule has 0 unspecified atom stereocenters. The number of hydrogen-bond acceptors (Lipinski definition) is 2. The van der Waals surface area contributed by atoms with Crippen LogP contribution in [0.15, 0.2) is 29.6 Å². The first-order valence-corrected chi connectivity index (χ1v) is 8.07. The highest BCUT2D eigenvalue weighted by atomic mass is 32.1. The highest BCUT2D eigenvalue weighted by molar-refractivity contribution is 7.10. The predicted octanol–water partition coefficient (Wildman–Crippen LogP) is 4.98. The van der Waals surface area contributed by atoms with E-state index in [1.54, 1.807) is 6.07 Å². The molecular formula is C16H11F6NOS. The first kappa shape index (κ1) is 17.8. The van der Waals surface area contributed by atoms with Crippen LogP contribution in [0.3, 0.4) is 0 Å². The van der Waals surface area contributed by atoms with Gasteiger partial charge in [0.05, 0.1) is 11.1 Å². The van der Waals surface area contributed by atoms with Crippen molar-refractivity contribution in [3.8, 4) is 0 Å². The molecule has 1 aromatic carbocycles. The molecule has 9 heteroatoms. The molecule has 0 aliphatic carbocycles. The molecule has 0 radical (unpaired) electrons. The summed E-state index contributed by atoms with van der Waals surface area (Å²) >= 11 is 1.51. The van der Waals surface area contributed by atoms with Crippen molar-refractivity contribution in [2.45, 2.75) is 25.3 Å². The number of alkyl halides is 6. The summed E-state index contributed by atoms with van der Waals surface area (Å²) in [5, 5.41) is 1.84. The van der Waals surface area contributed by atoms with Gasteiger partial charge in [-0.15, -0.1) is 11.3 Å². The SMILES string of the molecule is O=C(c1cc(C(F)(F)F)cc(C(F)(F)F)c1)N1CCc2sccc2C1. The van der Waals surface area contributed by atoms with Crippen LogP contribution in [-0.2, 0) is 25.3 Å². The summed E-state index contributed by atoms with van der Waals surface area (Å²) < 4.78 is 77.4. The van der Waals surface area contributed by atoms with Crippen molar-refractivity contribution in [3.05, 3.63) is 56.8 Å². The number of hydrogen-bond donors (Lipinski definition) is 0. The van der Waals surface area contributed by atoms with Crippen molar-refractivity contribution in [2.24, 2.45) is 0 Å². The fourth-order valence-corrected chi connectivity index (χ4v) is 3.57. The van der Waals surface area contributed by atoms with Gasteiger partial charge in [0, 0.05) is 23.5 Å². The van der Waals surface area contributed by atoms with Gasteiger partial charge < -0.3 is 4.90 Å². The number of fused-ring (bicyclic) bond motifs is 1. The monoisotopic (exact) mass is 379 g/mol. The van der Waals surface area contributed by atoms with E-state index in [-0.39, 0.29) is 19.2 Å². The van der Waals surface area contributed by atoms with E-state index >= 15 is 0 Å². The largest absolute Gasteiger partial charge is 0.416 e. The molecule has 1 aliphatic rings. The normalized spacial score (nSPS) is 15.2. The minimum absolute atomic E-state index is 0.0178. The van der Waals surface area contributed by atoms with Crippen LogP contribution in [0.5, 0.6) is 0 Å². The number of benzene rings is 1. The molecule has 0 bridgehead atoms. The van der Waals surface area contributed by atoms with E-state index in [0.717, 1.165) is 10.4 Å². The quantitative estimate of drug-likeness (QED) is 0.640. The summed E-state index contributed by atoms with van der Waals surface area (Å²) in [7, 11) is 0. The Balaban J connectivity index is 1.97. The second-order valence-electron chi connectivity index (χ2n) is 5.64. The van der Waals surface area contributed by atoms with Gasteiger partial charge in [-0.3, -0.25) is 4.79 Å². The Hall–Kier alpha value is -2.03. The van der Waals surface area contributed by atoms with Gasteiger partial charge in [0.2, 0.25) is 0 Å². The maximum absolute atomic E-state index is 12.9. The average Bonchev–Trinajstić information content (AvgIpc) is 2.99. The second kappa shape index (κ2) is 6.05. The molecule has 134 valence electrons. The number of carbonyl (C=O) groups excluding carboxylic acids is 1. The van der Waals surface area contributed by atoms with Crippen LogP contribution in [0.4, 0.5) is 26.3 Å². The van der Waals surface area contributed by atoms with Crippen molar-refractivity contribution in [1.29, 1.82) is 0 Å². The van der Waals surface area contributed by atoms with Crippen LogP contribution in [0.2, 0.25) is 0 Å². The maximum atomic E-state index is 12.9. The lowest BCUT2D eigenvalue weighted by atomic mass is 10.0. The summed E-state index contributed by atoms with van der Waals surface area (Å²) in [6.45, 7) is 0.430. The van der Waals surface area contributed by atoms with Gasteiger partial charge in [-0.05, 0) is 41.6 Å². The lowest BCUT2D eigenvalue weighted by molar-refractivity contribution is -0.143. The van der Waals surface area contributed by atoms with Gasteiger partial charge in [0.1, 0.15) is 0 Å². The van der Waals surface area contributed by atoms with Crippen molar-refractivity contribution in [1.82, 2.24) is 4.90 Å². The number of nitrogens with zero attached hydrogens (tertiary/aromatic N) is 1. The van der Waals surface area contributed by atoms with Gasteiger partial charge in [-0.2, -0.15) is 26.3 Å². The van der Waals surface area contributed by atoms with Gasteiger partial charge in [0.15, 0.2) is 0 Å². The number of rotatable bonds is 1. The summed E-state index contributed by atoms with van der Waals surface area (Å²) in [6.07, 6.45) is -9.42. The first-order chi connectivity index (χ1) is 11.6. The highest BCUT2D eigenvalue weighted by Gasteiger charge is 2.38. The third-order valence-electron chi connectivity index (χ3n) is 3.93. The van der Waals surface area contributed by atoms with Crippen LogP contribution < -0.4 is 0 Å². The molecule has 0 fully saturated rings. The Morgan fingerprint density at radius 1 is 1.00 bits per heavy atom. The number of amides is 1. The number of thiophene rings is 1. The fraction of sp³-hybridized carbons (Fsp3) is 0.312. The Morgan fingerprint density at radius 3 is 2.16 bits per heavy atom. The zero-order valence-corrected chi connectivity index (χ0v) is 13.4. The summed E-state index contributed by atoms with van der Waals surface area (Å²) in [5.41, 5.74) is -2.72. The van der Waals surface area contributed by atoms with E-state index in [9.17, 15) is 31.1 Å². The van der Waals surface area contributed by atoms with Crippen molar-refractivity contribution in [2.75, 3.05) is 6.54 Å². The van der Waals surface area contributed by atoms with E-state index < -0.39 is 35.0 Å². The van der Waals surface area contributed by atoms with E-state index in [0.29, 0.717) is 18.6 Å². The molecule has 0 spiro atoms. The van der Waals surface area contributed by atoms with E-state index in [1.807, 2.05) is 5.38 Å². The second-order valence-corrected chi connectivity index (χ2v) is 6.64. The molecule has 1 aliphatic heterocycles. The smallest absolute Gasteiger partial charge is 0.334 e. The lowest BCUT2D eigenvalue weighted by Crippen LogP contribution is -2.35. The molecule has 25 heavy (non-hydrogen) atoms. The standard InChI is InChI=1S/C16H11F6NOS/c17-15(18,19)11-5-10(6-12(7-11)16(20,21)22)14(24)23-3-1-13-9(8-23)2-4-25-13/h2,4-7H,1,3,8H2. The number of halogens is 6. The molecule has 1 amide bonds. The molecule has 3 rings (SSSR count). The van der Waals surface area contributed by atoms with Crippen molar-refractivity contribution in [3.63, 3.8) is 0 Å². The molecule has 2 aromatic rings. The molecule has 2 nitrogen and oxygen atoms in total. The maximum Gasteiger partial charge on any atom is 0.416 e. The molecule has 1 aromatic heterocycles. The average molecular weight is 379 g/mol. The van der Waals surface area contributed by atoms with Gasteiger partial charge in [0.25, 0.3) is 5.91 Å². The summed E-state index contributed by atoms with van der Waals surface area (Å²) in [4.78, 5) is 14.8. The van der Waals surface area contributed by atoms with Crippen molar-refractivity contribution < 1.29 is 31.1 Å². The van der Waals surface area contributed by atoms with E-state index in [2.05, 4.69) is 0 Å². The van der Waals surface area contributed by atoms with Gasteiger partial charge in [-0.1, -0.05) is 0 Å². The molecule has 0 atom stereocenters. The molecule has 0 saturated carbocycles. The number of carbonyl (C=O) groups is 1. The first-order valence-electron chi connectivity index (χ1n) is 7.20. The summed E-state index contributed by atoms with van der Waals surface area (Å²) in [6, 6.07) is 2.76. The third kappa shape index (κ3) is 3.65. The zero-order chi connectivity index (χ0) is 18.4. The Labute approximate surface area is 142 Å². The Bertz CT molecular complexity index is 775. The Kier molecular flexibility index (Phi) is 4.30. The van der Waals surface area contributed by atoms with Crippen molar-refractivity contribution >= 4 is 17.2 Å². The van der Waals surface area contributed by atoms with E-state index in [4.69, 9.17) is 0 Å². The van der Waals surface area contributed by atoms with Crippen LogP contribution >= 0.6 is 11.3 Å². The third-order valence-corrected chi connectivity index (χ3v) is 4.95. The molecule has 2 heterocycles. The predicted molar refractivity (Wildman–Crippen MR) is 79.2 cm³/mol. The molecule has 0 saturated heterocycles. The van der Waals surface area contributed by atoms with Crippen LogP contribution in [0.25, 0.3) is 0 Å². The molecule has 0 N–H and O–H groups in total. The minimum Gasteiger partial charge on any atom is -0.334 e. The van der Waals surface area contributed by atoms with E-state index in [1.165, 1.54) is 16.2 Å². The van der Waals surface area contributed by atoms with Crippen LogP contribution in [0, 0.1) is 0 Å². The zero-order valence-electron chi connectivity index (χ0n) is 12.5. The van der Waals surface area contributed by atoms with Crippen LogP contribution in [0.1, 0.15) is 31.9 Å². The summed E-state index contributed by atoms with van der Waals surface area (Å²) in [5.74, 6) is -0.839. The van der Waals surface area contributed by atoms with Gasteiger partial charge in [-0.25, -0.2) is 0 Å². The van der Waals surface area contributed by atoms with Gasteiger partial charge >= 0.3 is 12.4 Å². The Morgan fingerprint density at radius 2 is 1.60 bits per heavy atom. The topological polar surface area (TPSA) is 20.3 Å². The van der Waals surface area contributed by atoms with Crippen LogP contribution in [-0.4, -0.2) is 17.4 Å². The molecular weight excluding hydrogens is 368 g/mol.